The zero-order chi connectivity index (χ0) is 24.0. The van der Waals surface area contributed by atoms with Gasteiger partial charge < -0.3 is 4.90 Å². The van der Waals surface area contributed by atoms with E-state index in [1.54, 1.807) is 0 Å². The van der Waals surface area contributed by atoms with Gasteiger partial charge in [0.1, 0.15) is 0 Å². The van der Waals surface area contributed by atoms with E-state index in [0.717, 1.165) is 47.7 Å². The van der Waals surface area contributed by atoms with E-state index in [4.69, 9.17) is 0 Å². The highest BCUT2D eigenvalue weighted by Gasteiger charge is 2.29. The number of nitrogens with zero attached hydrogens (tertiary/aromatic N) is 2. The average molecular weight is 445 g/mol. The molecule has 3 aromatic rings. The lowest BCUT2D eigenvalue weighted by molar-refractivity contribution is 0.0642. The number of benzene rings is 3. The predicted octanol–water partition coefficient (Wildman–Crippen LogP) is 7.46. The largest absolute Gasteiger partial charge is 0.334 e. The highest BCUT2D eigenvalue weighted by Crippen LogP contribution is 2.35. The van der Waals surface area contributed by atoms with Crippen molar-refractivity contribution in [3.63, 3.8) is 0 Å². The van der Waals surface area contributed by atoms with Gasteiger partial charge in [-0.2, -0.15) is 0 Å². The van der Waals surface area contributed by atoms with Crippen molar-refractivity contribution in [3.05, 3.63) is 83.4 Å². The highest BCUT2D eigenvalue weighted by atomic mass is 16.2. The molecule has 33 heavy (non-hydrogen) atoms. The second kappa shape index (κ2) is 11.5. The van der Waals surface area contributed by atoms with Crippen LogP contribution in [0.15, 0.2) is 66.7 Å². The minimum atomic E-state index is 0.139. The summed E-state index contributed by atoms with van der Waals surface area (Å²) in [5.74, 6) is 0.140. The van der Waals surface area contributed by atoms with Crippen molar-refractivity contribution < 1.29 is 4.79 Å². The first kappa shape index (κ1) is 25.0. The summed E-state index contributed by atoms with van der Waals surface area (Å²) in [5.41, 5.74) is 3.31. The van der Waals surface area contributed by atoms with E-state index in [1.807, 2.05) is 11.0 Å². The van der Waals surface area contributed by atoms with Crippen LogP contribution in [0.2, 0.25) is 0 Å². The average Bonchev–Trinajstić information content (AvgIpc) is 2.79. The first-order chi connectivity index (χ1) is 15.8. The number of hydrogen-bond donors (Lipinski definition) is 0. The Labute approximate surface area is 200 Å². The summed E-state index contributed by atoms with van der Waals surface area (Å²) >= 11 is 0. The van der Waals surface area contributed by atoms with E-state index in [2.05, 4.69) is 107 Å². The Bertz CT molecular complexity index is 1030. The van der Waals surface area contributed by atoms with Gasteiger partial charge in [0.05, 0.1) is 5.56 Å². The van der Waals surface area contributed by atoms with Crippen LogP contribution in [0.4, 0.5) is 0 Å². The van der Waals surface area contributed by atoms with Gasteiger partial charge in [-0.05, 0) is 63.1 Å². The van der Waals surface area contributed by atoms with E-state index >= 15 is 0 Å². The summed E-state index contributed by atoms with van der Waals surface area (Å²) < 4.78 is 0. The Balaban J connectivity index is 2.15. The molecule has 1 unspecified atom stereocenters. The third kappa shape index (κ3) is 5.83. The molecule has 0 spiro atoms. The molecule has 0 saturated carbocycles. The van der Waals surface area contributed by atoms with E-state index < -0.39 is 0 Å². The minimum absolute atomic E-state index is 0.139. The molecule has 0 N–H and O–H groups in total. The van der Waals surface area contributed by atoms with Gasteiger partial charge in [0.25, 0.3) is 5.91 Å². The van der Waals surface area contributed by atoms with Crippen LogP contribution in [-0.4, -0.2) is 34.8 Å². The Morgan fingerprint density at radius 3 is 2.12 bits per heavy atom. The zero-order valence-corrected chi connectivity index (χ0v) is 21.2. The molecule has 0 fully saturated rings. The minimum Gasteiger partial charge on any atom is -0.334 e. The van der Waals surface area contributed by atoms with Crippen LogP contribution in [0.1, 0.15) is 81.4 Å². The number of amides is 1. The Morgan fingerprint density at radius 1 is 0.848 bits per heavy atom. The molecule has 3 rings (SSSR count). The van der Waals surface area contributed by atoms with Gasteiger partial charge in [-0.25, -0.2) is 0 Å². The molecule has 0 aliphatic rings. The second-order valence-corrected chi connectivity index (χ2v) is 9.71. The topological polar surface area (TPSA) is 23.6 Å². The number of carbonyl (C=O) groups is 1. The molecule has 3 aromatic carbocycles. The smallest absolute Gasteiger partial charge is 0.255 e. The number of carbonyl (C=O) groups excluding carboxylic acids is 1. The third-order valence-electron chi connectivity index (χ3n) is 6.52. The van der Waals surface area contributed by atoms with Crippen molar-refractivity contribution in [1.29, 1.82) is 0 Å². The van der Waals surface area contributed by atoms with Gasteiger partial charge in [-0.15, -0.1) is 0 Å². The van der Waals surface area contributed by atoms with Crippen LogP contribution in [0.3, 0.4) is 0 Å². The fourth-order valence-electron chi connectivity index (χ4n) is 4.99. The van der Waals surface area contributed by atoms with Gasteiger partial charge in [0.15, 0.2) is 0 Å². The maximum Gasteiger partial charge on any atom is 0.255 e. The molecule has 0 radical (unpaired) electrons. The molecule has 176 valence electrons. The molecule has 0 heterocycles. The monoisotopic (exact) mass is 444 g/mol. The van der Waals surface area contributed by atoms with Crippen molar-refractivity contribution in [2.24, 2.45) is 0 Å². The fourth-order valence-corrected chi connectivity index (χ4v) is 4.99. The lowest BCUT2D eigenvalue weighted by Crippen LogP contribution is -2.43. The van der Waals surface area contributed by atoms with Gasteiger partial charge in [-0.1, -0.05) is 86.5 Å². The summed E-state index contributed by atoms with van der Waals surface area (Å²) in [6, 6.07) is 23.8. The lowest BCUT2D eigenvalue weighted by Gasteiger charge is -2.35. The number of unbranched alkanes of at least 4 members (excludes halogenated alkanes) is 1. The lowest BCUT2D eigenvalue weighted by atomic mass is 9.89. The molecule has 3 nitrogen and oxygen atoms in total. The zero-order valence-electron chi connectivity index (χ0n) is 21.2. The van der Waals surface area contributed by atoms with Crippen LogP contribution in [0, 0.1) is 0 Å². The fraction of sp³-hybridized carbons (Fsp3) is 0.433. The van der Waals surface area contributed by atoms with E-state index in [0.29, 0.717) is 0 Å². The van der Waals surface area contributed by atoms with E-state index in [9.17, 15) is 4.79 Å². The molecular weight excluding hydrogens is 404 g/mol. The molecule has 1 atom stereocenters. The standard InChI is InChI=1S/C30H40N2O/c1-7-8-18-28(31(6)21-24-14-10-9-11-15-24)27-20-19-25-16-12-13-17-26(25)29(27)30(33)32(22(2)3)23(4)5/h9-17,19-20,22-23,28H,7-8,18,21H2,1-6H3. The maximum absolute atomic E-state index is 14.1. The molecule has 0 aliphatic heterocycles. The van der Waals surface area contributed by atoms with E-state index in [-0.39, 0.29) is 24.0 Å². The third-order valence-corrected chi connectivity index (χ3v) is 6.52. The van der Waals surface area contributed by atoms with Crippen LogP contribution < -0.4 is 0 Å². The molecule has 3 heteroatoms. The Hall–Kier alpha value is -2.65. The molecule has 0 aromatic heterocycles. The normalized spacial score (nSPS) is 12.6. The number of fused-ring (bicyclic) bond motifs is 1. The second-order valence-electron chi connectivity index (χ2n) is 9.71. The first-order valence-corrected chi connectivity index (χ1v) is 12.4. The maximum atomic E-state index is 14.1. The van der Waals surface area contributed by atoms with Crippen LogP contribution in [0.25, 0.3) is 10.8 Å². The van der Waals surface area contributed by atoms with Crippen molar-refractivity contribution in [3.8, 4) is 0 Å². The Morgan fingerprint density at radius 2 is 1.48 bits per heavy atom. The summed E-state index contributed by atoms with van der Waals surface area (Å²) in [6.45, 7) is 11.5. The molecule has 0 bridgehead atoms. The Kier molecular flexibility index (Phi) is 8.68. The van der Waals surface area contributed by atoms with Gasteiger partial charge in [-0.3, -0.25) is 9.69 Å². The van der Waals surface area contributed by atoms with Crippen LogP contribution in [-0.2, 0) is 6.54 Å². The quantitative estimate of drug-likeness (QED) is 0.324. The summed E-state index contributed by atoms with van der Waals surface area (Å²) in [7, 11) is 2.19. The molecule has 0 aliphatic carbocycles. The van der Waals surface area contributed by atoms with Crippen molar-refractivity contribution in [1.82, 2.24) is 9.80 Å². The predicted molar refractivity (Wildman–Crippen MR) is 141 cm³/mol. The first-order valence-electron chi connectivity index (χ1n) is 12.4. The molecule has 1 amide bonds. The SMILES string of the molecule is CCCCC(c1ccc2ccccc2c1C(=O)N(C(C)C)C(C)C)N(C)Cc1ccccc1. The van der Waals surface area contributed by atoms with Crippen molar-refractivity contribution in [2.75, 3.05) is 7.05 Å². The van der Waals surface area contributed by atoms with Crippen molar-refractivity contribution in [2.45, 2.75) is 78.6 Å². The van der Waals surface area contributed by atoms with Crippen LogP contribution in [0.5, 0.6) is 0 Å². The van der Waals surface area contributed by atoms with E-state index in [1.165, 1.54) is 5.56 Å². The number of hydrogen-bond acceptors (Lipinski definition) is 2. The van der Waals surface area contributed by atoms with Gasteiger partial charge >= 0.3 is 0 Å². The van der Waals surface area contributed by atoms with Crippen molar-refractivity contribution >= 4 is 16.7 Å². The molecular formula is C30H40N2O. The van der Waals surface area contributed by atoms with Gasteiger partial charge in [0, 0.05) is 24.7 Å². The van der Waals surface area contributed by atoms with Crippen LogP contribution >= 0.6 is 0 Å². The highest BCUT2D eigenvalue weighted by molar-refractivity contribution is 6.08. The van der Waals surface area contributed by atoms with Gasteiger partial charge in [0.2, 0.25) is 0 Å². The summed E-state index contributed by atoms with van der Waals surface area (Å²) in [5, 5.41) is 2.18. The number of rotatable bonds is 10. The summed E-state index contributed by atoms with van der Waals surface area (Å²) in [4.78, 5) is 18.6. The molecule has 0 saturated heterocycles. The summed E-state index contributed by atoms with van der Waals surface area (Å²) in [6.07, 6.45) is 3.29.